The standard InChI is InChI=1S/C44H32P2.2C2HF3O2.Ru/c1-5-19-35(20-6-1)45(36-21-7-2-8-22-36)41-31-29-33-17-13-15-27-39(33)43(41)44-40-28-16-14-18-34(40)30-32-42(44)46(37-23-9-3-10-24-37)38-25-11-4-12-26-38;2*3-2(4,5)1(6)7;/h1-32H;2*(H,6,7);. The summed E-state index contributed by atoms with van der Waals surface area (Å²) in [6, 6.07) is 71.8. The van der Waals surface area contributed by atoms with Crippen LogP contribution in [0.5, 0.6) is 0 Å². The number of hydrogen-bond acceptors (Lipinski definition) is 2. The molecule has 8 rings (SSSR count). The Morgan fingerprint density at radius 2 is 0.590 bits per heavy atom. The second-order valence-electron chi connectivity index (χ2n) is 13.0. The van der Waals surface area contributed by atoms with E-state index < -0.39 is 40.1 Å². The molecule has 0 aliphatic rings. The summed E-state index contributed by atoms with van der Waals surface area (Å²) >= 11 is 0. The van der Waals surface area contributed by atoms with Crippen molar-refractivity contribution >= 4 is 81.2 Å². The van der Waals surface area contributed by atoms with E-state index in [-0.39, 0.29) is 19.5 Å². The van der Waals surface area contributed by atoms with E-state index in [2.05, 4.69) is 194 Å². The van der Waals surface area contributed by atoms with Crippen molar-refractivity contribution < 1.29 is 65.6 Å². The Balaban J connectivity index is 0.000000407. The molecule has 0 spiro atoms. The molecular weight excluding hydrogens is 918 g/mol. The first-order chi connectivity index (χ1) is 28.8. The van der Waals surface area contributed by atoms with Gasteiger partial charge in [0.25, 0.3) is 0 Å². The Morgan fingerprint density at radius 1 is 0.361 bits per heavy atom. The van der Waals surface area contributed by atoms with Crippen LogP contribution in [0.25, 0.3) is 32.7 Å². The van der Waals surface area contributed by atoms with E-state index in [9.17, 15) is 26.3 Å². The van der Waals surface area contributed by atoms with Gasteiger partial charge in [-0.2, -0.15) is 26.3 Å². The molecule has 61 heavy (non-hydrogen) atoms. The Bertz CT molecular complexity index is 2440. The van der Waals surface area contributed by atoms with Gasteiger partial charge in [-0.25, -0.2) is 9.59 Å². The van der Waals surface area contributed by atoms with Crippen molar-refractivity contribution in [2.45, 2.75) is 12.4 Å². The topological polar surface area (TPSA) is 74.6 Å². The van der Waals surface area contributed by atoms with Crippen molar-refractivity contribution in [2.24, 2.45) is 0 Å². The smallest absolute Gasteiger partial charge is 0.475 e. The Morgan fingerprint density at radius 3 is 0.836 bits per heavy atom. The molecule has 0 heterocycles. The van der Waals surface area contributed by atoms with Gasteiger partial charge in [-0.3, -0.25) is 0 Å². The Hall–Kier alpha value is -5.72. The minimum atomic E-state index is -5.08. The van der Waals surface area contributed by atoms with Crippen LogP contribution < -0.4 is 31.8 Å². The van der Waals surface area contributed by atoms with E-state index in [1.165, 1.54) is 64.5 Å². The number of rotatable bonds is 7. The maximum absolute atomic E-state index is 10.6. The average Bonchev–Trinajstić information content (AvgIpc) is 3.25. The monoisotopic (exact) mass is 952 g/mol. The first-order valence-corrected chi connectivity index (χ1v) is 20.9. The quantitative estimate of drug-likeness (QED) is 0.0948. The average molecular weight is 952 g/mol. The molecule has 0 amide bonds. The maximum atomic E-state index is 10.6. The van der Waals surface area contributed by atoms with Gasteiger partial charge in [0.15, 0.2) is 0 Å². The van der Waals surface area contributed by atoms with Crippen LogP contribution in [-0.4, -0.2) is 34.5 Å². The predicted octanol–water partition coefficient (Wildman–Crippen LogP) is 10.4. The maximum Gasteiger partial charge on any atom is 0.490 e. The van der Waals surface area contributed by atoms with E-state index in [1.54, 1.807) is 0 Å². The SMILES string of the molecule is O=C(O)C(F)(F)F.O=C(O)C(F)(F)F.[Ru].c1ccc(P(c2ccccc2)c2ccc3ccccc3c2-c2c(P(c3ccccc3)c3ccccc3)ccc3ccccc23)cc1. The molecule has 4 nitrogen and oxygen atoms in total. The Labute approximate surface area is 362 Å². The molecule has 2 N–H and O–H groups in total. The van der Waals surface area contributed by atoms with Gasteiger partial charge < -0.3 is 10.2 Å². The number of carboxylic acids is 2. The first-order valence-electron chi connectivity index (χ1n) is 18.2. The van der Waals surface area contributed by atoms with Crippen LogP contribution in [0.4, 0.5) is 26.3 Å². The fourth-order valence-electron chi connectivity index (χ4n) is 6.58. The van der Waals surface area contributed by atoms with Crippen LogP contribution >= 0.6 is 15.8 Å². The van der Waals surface area contributed by atoms with Gasteiger partial charge in [0.1, 0.15) is 0 Å². The Kier molecular flexibility index (Phi) is 15.7. The first kappa shape index (κ1) is 46.4. The summed E-state index contributed by atoms with van der Waals surface area (Å²) in [6.07, 6.45) is -10.2. The van der Waals surface area contributed by atoms with E-state index in [0.29, 0.717) is 0 Å². The summed E-state index contributed by atoms with van der Waals surface area (Å²) in [5.41, 5.74) is 2.70. The second-order valence-corrected chi connectivity index (χ2v) is 17.4. The summed E-state index contributed by atoms with van der Waals surface area (Å²) in [5.74, 6) is -5.51. The fourth-order valence-corrected chi connectivity index (χ4v) is 11.5. The normalized spacial score (nSPS) is 11.2. The molecule has 0 aromatic heterocycles. The molecule has 0 radical (unpaired) electrons. The van der Waals surface area contributed by atoms with Crippen LogP contribution in [0.1, 0.15) is 0 Å². The molecule has 0 fully saturated rings. The van der Waals surface area contributed by atoms with Crippen LogP contribution in [0.15, 0.2) is 194 Å². The number of halogens is 6. The molecule has 0 atom stereocenters. The van der Waals surface area contributed by atoms with Crippen LogP contribution in [0, 0.1) is 0 Å². The minimum absolute atomic E-state index is 0. The van der Waals surface area contributed by atoms with Gasteiger partial charge in [-0.05, 0) is 80.3 Å². The van der Waals surface area contributed by atoms with Crippen LogP contribution in [0.3, 0.4) is 0 Å². The molecule has 8 aromatic carbocycles. The van der Waals surface area contributed by atoms with Crippen molar-refractivity contribution in [2.75, 3.05) is 0 Å². The summed E-state index contributed by atoms with van der Waals surface area (Å²) in [4.78, 5) is 17.8. The molecule has 0 aliphatic carbocycles. The van der Waals surface area contributed by atoms with Gasteiger partial charge in [-0.15, -0.1) is 0 Å². The number of alkyl halides is 6. The number of carboxylic acid groups (broad SMARTS) is 2. The molecule has 0 unspecified atom stereocenters. The van der Waals surface area contributed by atoms with Crippen molar-refractivity contribution in [1.82, 2.24) is 0 Å². The second kappa shape index (κ2) is 20.7. The molecule has 310 valence electrons. The molecule has 0 saturated carbocycles. The summed E-state index contributed by atoms with van der Waals surface area (Å²) < 4.78 is 63.5. The van der Waals surface area contributed by atoms with Crippen molar-refractivity contribution in [3.8, 4) is 11.1 Å². The third-order valence-electron chi connectivity index (χ3n) is 9.09. The fraction of sp³-hybridized carbons (Fsp3) is 0.0417. The van der Waals surface area contributed by atoms with Gasteiger partial charge in [0.05, 0.1) is 0 Å². The zero-order valence-electron chi connectivity index (χ0n) is 31.7. The van der Waals surface area contributed by atoms with E-state index >= 15 is 0 Å². The minimum Gasteiger partial charge on any atom is -0.475 e. The number of aliphatic carboxylic acids is 2. The predicted molar refractivity (Wildman–Crippen MR) is 232 cm³/mol. The van der Waals surface area contributed by atoms with E-state index in [4.69, 9.17) is 19.8 Å². The van der Waals surface area contributed by atoms with Gasteiger partial charge in [0, 0.05) is 19.5 Å². The largest absolute Gasteiger partial charge is 0.490 e. The molecule has 0 aliphatic heterocycles. The van der Waals surface area contributed by atoms with E-state index in [0.717, 1.165) is 0 Å². The number of carbonyl (C=O) groups is 2. The number of hydrogen-bond donors (Lipinski definition) is 2. The zero-order chi connectivity index (χ0) is 42.9. The molecular formula is C48H34F6O4P2Ru. The summed E-state index contributed by atoms with van der Waals surface area (Å²) in [5, 5.41) is 27.6. The van der Waals surface area contributed by atoms with Gasteiger partial charge >= 0.3 is 24.3 Å². The third kappa shape index (κ3) is 11.4. The molecule has 8 aromatic rings. The zero-order valence-corrected chi connectivity index (χ0v) is 35.2. The number of benzene rings is 8. The van der Waals surface area contributed by atoms with Crippen molar-refractivity contribution in [3.05, 3.63) is 194 Å². The van der Waals surface area contributed by atoms with E-state index in [1.807, 2.05) is 0 Å². The molecule has 13 heteroatoms. The van der Waals surface area contributed by atoms with Gasteiger partial charge in [0.2, 0.25) is 0 Å². The molecule has 0 bridgehead atoms. The molecule has 0 saturated heterocycles. The summed E-state index contributed by atoms with van der Waals surface area (Å²) in [6.45, 7) is 0. The number of fused-ring (bicyclic) bond motifs is 2. The van der Waals surface area contributed by atoms with Crippen LogP contribution in [0.2, 0.25) is 0 Å². The van der Waals surface area contributed by atoms with Gasteiger partial charge in [-0.1, -0.05) is 194 Å². The summed E-state index contributed by atoms with van der Waals surface area (Å²) in [7, 11) is -1.70. The third-order valence-corrected chi connectivity index (χ3v) is 14.1. The van der Waals surface area contributed by atoms with Crippen LogP contribution in [-0.2, 0) is 29.1 Å². The van der Waals surface area contributed by atoms with Crippen molar-refractivity contribution in [3.63, 3.8) is 0 Å². The van der Waals surface area contributed by atoms with Crippen molar-refractivity contribution in [1.29, 1.82) is 0 Å².